The van der Waals surface area contributed by atoms with Crippen LogP contribution in [0.25, 0.3) is 0 Å². The third kappa shape index (κ3) is 2.39. The van der Waals surface area contributed by atoms with E-state index in [1.807, 2.05) is 13.8 Å². The van der Waals surface area contributed by atoms with E-state index in [0.29, 0.717) is 19.4 Å². The summed E-state index contributed by atoms with van der Waals surface area (Å²) in [6, 6.07) is -0.233. The number of alkyl halides is 1. The highest BCUT2D eigenvalue weighted by Gasteiger charge is 2.48. The van der Waals surface area contributed by atoms with Gasteiger partial charge in [0.05, 0.1) is 0 Å². The van der Waals surface area contributed by atoms with Gasteiger partial charge in [-0.05, 0) is 25.7 Å². The molecule has 16 heavy (non-hydrogen) atoms. The Morgan fingerprint density at radius 3 is 2.31 bits per heavy atom. The van der Waals surface area contributed by atoms with E-state index in [1.54, 1.807) is 0 Å². The molecule has 1 fully saturated rings. The third-order valence-corrected chi connectivity index (χ3v) is 3.78. The minimum absolute atomic E-state index is 0.0583. The van der Waals surface area contributed by atoms with E-state index >= 15 is 0 Å². The number of carbonyl (C=O) groups is 2. The fourth-order valence-corrected chi connectivity index (χ4v) is 2.37. The van der Waals surface area contributed by atoms with Gasteiger partial charge in [-0.2, -0.15) is 0 Å². The molecule has 1 rings (SSSR count). The van der Waals surface area contributed by atoms with Crippen molar-refractivity contribution in [3.05, 3.63) is 0 Å². The van der Waals surface area contributed by atoms with Crippen molar-refractivity contribution >= 4 is 27.9 Å². The van der Waals surface area contributed by atoms with E-state index < -0.39 is 5.54 Å². The highest BCUT2D eigenvalue weighted by atomic mass is 79.9. The Hall–Kier alpha value is -0.580. The summed E-state index contributed by atoms with van der Waals surface area (Å²) in [7, 11) is 0. The molecular formula is C11H19BrN2O2. The van der Waals surface area contributed by atoms with Crippen LogP contribution in [0.15, 0.2) is 0 Å². The largest absolute Gasteiger partial charge is 0.325 e. The SMILES string of the molecule is CCC1(CC)NC(=O)N(CCCCBr)C1=O. The average Bonchev–Trinajstić information content (AvgIpc) is 2.53. The molecule has 1 heterocycles. The predicted molar refractivity (Wildman–Crippen MR) is 66.6 cm³/mol. The molecule has 0 aromatic carbocycles. The average molecular weight is 291 g/mol. The van der Waals surface area contributed by atoms with Gasteiger partial charge in [-0.1, -0.05) is 29.8 Å². The van der Waals surface area contributed by atoms with Crippen LogP contribution in [0.2, 0.25) is 0 Å². The molecular weight excluding hydrogens is 272 g/mol. The molecule has 4 nitrogen and oxygen atoms in total. The van der Waals surface area contributed by atoms with Gasteiger partial charge in [0.15, 0.2) is 0 Å². The summed E-state index contributed by atoms with van der Waals surface area (Å²) >= 11 is 3.33. The lowest BCUT2D eigenvalue weighted by Gasteiger charge is -2.23. The normalized spacial score (nSPS) is 19.1. The number of imide groups is 1. The molecule has 5 heteroatoms. The Bertz CT molecular complexity index is 277. The van der Waals surface area contributed by atoms with E-state index in [2.05, 4.69) is 21.2 Å². The van der Waals surface area contributed by atoms with Crippen LogP contribution in [0.3, 0.4) is 0 Å². The summed E-state index contributed by atoms with van der Waals surface area (Å²) < 4.78 is 0. The van der Waals surface area contributed by atoms with Crippen LogP contribution in [-0.2, 0) is 4.79 Å². The summed E-state index contributed by atoms with van der Waals surface area (Å²) in [6.45, 7) is 4.39. The lowest BCUT2D eigenvalue weighted by Crippen LogP contribution is -2.45. The minimum Gasteiger partial charge on any atom is -0.323 e. The van der Waals surface area contributed by atoms with Gasteiger partial charge in [-0.15, -0.1) is 0 Å². The van der Waals surface area contributed by atoms with Crippen LogP contribution in [0.4, 0.5) is 4.79 Å². The summed E-state index contributed by atoms with van der Waals surface area (Å²) in [5.74, 6) is -0.0583. The fraction of sp³-hybridized carbons (Fsp3) is 0.818. The molecule has 1 saturated heterocycles. The summed E-state index contributed by atoms with van der Waals surface area (Å²) in [4.78, 5) is 25.2. The lowest BCUT2D eigenvalue weighted by molar-refractivity contribution is -0.131. The third-order valence-electron chi connectivity index (χ3n) is 3.22. The molecule has 0 aromatic rings. The van der Waals surface area contributed by atoms with Crippen LogP contribution >= 0.6 is 15.9 Å². The fourth-order valence-electron chi connectivity index (χ4n) is 1.97. The number of urea groups is 1. The zero-order chi connectivity index (χ0) is 12.2. The quantitative estimate of drug-likeness (QED) is 0.463. The number of amides is 3. The molecule has 1 N–H and O–H groups in total. The molecule has 0 bridgehead atoms. The van der Waals surface area contributed by atoms with Gasteiger partial charge in [0.1, 0.15) is 5.54 Å². The van der Waals surface area contributed by atoms with Crippen molar-refractivity contribution in [2.24, 2.45) is 0 Å². The highest BCUT2D eigenvalue weighted by molar-refractivity contribution is 9.09. The van der Waals surface area contributed by atoms with Gasteiger partial charge in [0.2, 0.25) is 0 Å². The molecule has 0 atom stereocenters. The molecule has 1 aliphatic heterocycles. The molecule has 0 unspecified atom stereocenters. The predicted octanol–water partition coefficient (Wildman–Crippen LogP) is 2.27. The Morgan fingerprint density at radius 2 is 1.88 bits per heavy atom. The van der Waals surface area contributed by atoms with Gasteiger partial charge in [0.25, 0.3) is 5.91 Å². The maximum Gasteiger partial charge on any atom is 0.325 e. The number of nitrogens with zero attached hydrogens (tertiary/aromatic N) is 1. The van der Waals surface area contributed by atoms with E-state index in [9.17, 15) is 9.59 Å². The first-order valence-corrected chi connectivity index (χ1v) is 6.93. The molecule has 0 radical (unpaired) electrons. The zero-order valence-corrected chi connectivity index (χ0v) is 11.5. The first-order valence-electron chi connectivity index (χ1n) is 5.81. The van der Waals surface area contributed by atoms with E-state index in [1.165, 1.54) is 4.90 Å². The standard InChI is InChI=1S/C11H19BrN2O2/c1-3-11(4-2)9(15)14(10(16)13-11)8-6-5-7-12/h3-8H2,1-2H3,(H,13,16). The van der Waals surface area contributed by atoms with Gasteiger partial charge in [0, 0.05) is 11.9 Å². The molecule has 0 saturated carbocycles. The summed E-state index contributed by atoms with van der Waals surface area (Å²) in [5.41, 5.74) is -0.647. The van der Waals surface area contributed by atoms with Gasteiger partial charge in [-0.25, -0.2) is 4.79 Å². The topological polar surface area (TPSA) is 49.4 Å². The van der Waals surface area contributed by atoms with Crippen molar-refractivity contribution in [2.45, 2.75) is 45.1 Å². The molecule has 0 aliphatic carbocycles. The number of nitrogens with one attached hydrogen (secondary N) is 1. The van der Waals surface area contributed by atoms with Gasteiger partial charge in [-0.3, -0.25) is 9.69 Å². The highest BCUT2D eigenvalue weighted by Crippen LogP contribution is 2.24. The number of hydrogen-bond donors (Lipinski definition) is 1. The van der Waals surface area contributed by atoms with Crippen molar-refractivity contribution < 1.29 is 9.59 Å². The number of unbranched alkanes of at least 4 members (excludes halogenated alkanes) is 1. The summed E-state index contributed by atoms with van der Waals surface area (Å²) in [6.07, 6.45) is 3.14. The number of halogens is 1. The number of rotatable bonds is 6. The maximum absolute atomic E-state index is 12.1. The smallest absolute Gasteiger partial charge is 0.323 e. The van der Waals surface area contributed by atoms with Crippen LogP contribution in [0.5, 0.6) is 0 Å². The Balaban J connectivity index is 2.67. The lowest BCUT2D eigenvalue weighted by atomic mass is 9.93. The van der Waals surface area contributed by atoms with Crippen LogP contribution < -0.4 is 5.32 Å². The summed E-state index contributed by atoms with van der Waals surface area (Å²) in [5, 5.41) is 3.73. The molecule has 3 amide bonds. The van der Waals surface area contributed by atoms with Crippen LogP contribution in [0.1, 0.15) is 39.5 Å². The van der Waals surface area contributed by atoms with Crippen molar-refractivity contribution in [2.75, 3.05) is 11.9 Å². The first-order chi connectivity index (χ1) is 7.61. The van der Waals surface area contributed by atoms with E-state index in [-0.39, 0.29) is 11.9 Å². The Kier molecular flexibility index (Phi) is 4.77. The molecule has 1 aliphatic rings. The van der Waals surface area contributed by atoms with Crippen molar-refractivity contribution in [3.63, 3.8) is 0 Å². The second-order valence-electron chi connectivity index (χ2n) is 4.07. The molecule has 0 spiro atoms. The van der Waals surface area contributed by atoms with Crippen LogP contribution in [0, 0.1) is 0 Å². The van der Waals surface area contributed by atoms with Crippen molar-refractivity contribution in [1.29, 1.82) is 0 Å². The number of hydrogen-bond acceptors (Lipinski definition) is 2. The Labute approximate surface area is 105 Å². The van der Waals surface area contributed by atoms with E-state index in [4.69, 9.17) is 0 Å². The van der Waals surface area contributed by atoms with Gasteiger partial charge >= 0.3 is 6.03 Å². The molecule has 92 valence electrons. The van der Waals surface area contributed by atoms with Gasteiger partial charge < -0.3 is 5.32 Å². The van der Waals surface area contributed by atoms with E-state index in [0.717, 1.165) is 18.2 Å². The second kappa shape index (κ2) is 5.66. The zero-order valence-electron chi connectivity index (χ0n) is 9.88. The van der Waals surface area contributed by atoms with Crippen molar-refractivity contribution in [3.8, 4) is 0 Å². The molecule has 0 aromatic heterocycles. The second-order valence-corrected chi connectivity index (χ2v) is 4.87. The number of carbonyl (C=O) groups excluding carboxylic acids is 2. The minimum atomic E-state index is -0.647. The van der Waals surface area contributed by atoms with Crippen LogP contribution in [-0.4, -0.2) is 34.3 Å². The maximum atomic E-state index is 12.1. The Morgan fingerprint density at radius 1 is 1.25 bits per heavy atom. The monoisotopic (exact) mass is 290 g/mol. The van der Waals surface area contributed by atoms with Crippen molar-refractivity contribution in [1.82, 2.24) is 10.2 Å². The first kappa shape index (κ1) is 13.5.